The Balaban J connectivity index is 0.00000392. The van der Waals surface area contributed by atoms with Gasteiger partial charge in [0.15, 0.2) is 5.96 Å². The van der Waals surface area contributed by atoms with Crippen molar-refractivity contribution in [2.24, 2.45) is 10.4 Å². The number of rotatable bonds is 8. The second-order valence-electron chi connectivity index (χ2n) is 6.48. The Kier molecular flexibility index (Phi) is 10.3. The lowest BCUT2D eigenvalue weighted by atomic mass is 9.84. The van der Waals surface area contributed by atoms with E-state index >= 15 is 0 Å². The van der Waals surface area contributed by atoms with Crippen molar-refractivity contribution in [1.29, 1.82) is 0 Å². The van der Waals surface area contributed by atoms with Crippen LogP contribution in [0.5, 0.6) is 5.75 Å². The molecule has 6 nitrogen and oxygen atoms in total. The minimum atomic E-state index is -4.75. The van der Waals surface area contributed by atoms with Crippen LogP contribution in [0.1, 0.15) is 25.3 Å². The van der Waals surface area contributed by atoms with Crippen LogP contribution in [0.3, 0.4) is 0 Å². The molecule has 0 spiro atoms. The smallest absolute Gasteiger partial charge is 0.405 e. The summed E-state index contributed by atoms with van der Waals surface area (Å²) in [5.41, 5.74) is 0.170. The second kappa shape index (κ2) is 11.7. The lowest BCUT2D eigenvalue weighted by molar-refractivity contribution is -0.274. The fraction of sp³-hybridized carbons (Fsp3) is 0.611. The normalized spacial score (nSPS) is 19.8. The largest absolute Gasteiger partial charge is 0.573 e. The zero-order valence-electron chi connectivity index (χ0n) is 15.7. The Morgan fingerprint density at radius 2 is 2.07 bits per heavy atom. The number of hydrogen-bond acceptors (Lipinski definition) is 4. The average Bonchev–Trinajstić information content (AvgIpc) is 3.06. The van der Waals surface area contributed by atoms with Gasteiger partial charge in [-0.2, -0.15) is 0 Å². The highest BCUT2D eigenvalue weighted by Crippen LogP contribution is 2.31. The summed E-state index contributed by atoms with van der Waals surface area (Å²) in [5, 5.41) is 15.6. The zero-order valence-corrected chi connectivity index (χ0v) is 18.0. The molecule has 0 saturated carbocycles. The van der Waals surface area contributed by atoms with Gasteiger partial charge in [0.1, 0.15) is 5.75 Å². The first kappa shape index (κ1) is 24.8. The molecule has 1 aromatic rings. The number of guanidine groups is 1. The number of aliphatic hydroxyl groups is 1. The van der Waals surface area contributed by atoms with Crippen LogP contribution in [0.25, 0.3) is 0 Å². The van der Waals surface area contributed by atoms with Crippen LogP contribution in [0.4, 0.5) is 13.2 Å². The maximum Gasteiger partial charge on any atom is 0.573 e. The molecule has 10 heteroatoms. The minimum Gasteiger partial charge on any atom is -0.405 e. The van der Waals surface area contributed by atoms with Gasteiger partial charge in [0, 0.05) is 37.3 Å². The maximum absolute atomic E-state index is 12.5. The van der Waals surface area contributed by atoms with Crippen molar-refractivity contribution in [3.05, 3.63) is 29.8 Å². The molecule has 0 aliphatic carbocycles. The van der Waals surface area contributed by atoms with Crippen LogP contribution < -0.4 is 15.4 Å². The van der Waals surface area contributed by atoms with Crippen molar-refractivity contribution in [3.63, 3.8) is 0 Å². The van der Waals surface area contributed by atoms with E-state index in [1.807, 2.05) is 6.92 Å². The number of para-hydroxylation sites is 1. The number of alkyl halides is 3. The number of hydrogen-bond donors (Lipinski definition) is 3. The molecule has 28 heavy (non-hydrogen) atoms. The second-order valence-corrected chi connectivity index (χ2v) is 6.48. The van der Waals surface area contributed by atoms with E-state index < -0.39 is 6.36 Å². The maximum atomic E-state index is 12.5. The summed E-state index contributed by atoms with van der Waals surface area (Å²) in [6, 6.07) is 5.94. The van der Waals surface area contributed by atoms with Gasteiger partial charge in [-0.1, -0.05) is 18.2 Å². The van der Waals surface area contributed by atoms with E-state index in [1.54, 1.807) is 12.1 Å². The van der Waals surface area contributed by atoms with Crippen molar-refractivity contribution in [2.75, 3.05) is 32.9 Å². The average molecular weight is 517 g/mol. The van der Waals surface area contributed by atoms with E-state index in [0.29, 0.717) is 44.2 Å². The summed E-state index contributed by atoms with van der Waals surface area (Å²) < 4.78 is 47.1. The van der Waals surface area contributed by atoms with E-state index in [1.165, 1.54) is 12.1 Å². The van der Waals surface area contributed by atoms with Gasteiger partial charge in [0.25, 0.3) is 0 Å². The van der Waals surface area contributed by atoms with Crippen LogP contribution in [0.2, 0.25) is 0 Å². The number of aliphatic imine (C=N–C) groups is 1. The van der Waals surface area contributed by atoms with Crippen molar-refractivity contribution < 1.29 is 27.8 Å². The van der Waals surface area contributed by atoms with Crippen LogP contribution in [-0.4, -0.2) is 50.3 Å². The van der Waals surface area contributed by atoms with Gasteiger partial charge in [0.2, 0.25) is 0 Å². The molecular weight excluding hydrogens is 490 g/mol. The number of ether oxygens (including phenoxy) is 2. The minimum absolute atomic E-state index is 0. The molecule has 1 aromatic carbocycles. The molecule has 2 rings (SSSR count). The van der Waals surface area contributed by atoms with Gasteiger partial charge in [-0.3, -0.25) is 0 Å². The van der Waals surface area contributed by atoms with Crippen molar-refractivity contribution in [2.45, 2.75) is 32.7 Å². The van der Waals surface area contributed by atoms with Crippen molar-refractivity contribution >= 4 is 29.9 Å². The molecule has 3 N–H and O–H groups in total. The molecule has 1 aliphatic heterocycles. The SMILES string of the molecule is CCNC(=NCc1ccccc1OC(F)(F)F)NCC1(CCO)CCOC1.I. The van der Waals surface area contributed by atoms with Gasteiger partial charge in [-0.05, 0) is 25.8 Å². The molecule has 1 saturated heterocycles. The third-order valence-electron chi connectivity index (χ3n) is 4.41. The van der Waals surface area contributed by atoms with E-state index in [-0.39, 0.29) is 48.3 Å². The van der Waals surface area contributed by atoms with E-state index in [4.69, 9.17) is 4.74 Å². The zero-order chi connectivity index (χ0) is 19.8. The van der Waals surface area contributed by atoms with E-state index in [2.05, 4.69) is 20.4 Å². The molecular formula is C18H27F3IN3O3. The Morgan fingerprint density at radius 1 is 1.32 bits per heavy atom. The lowest BCUT2D eigenvalue weighted by Gasteiger charge is -2.27. The number of aliphatic hydroxyl groups excluding tert-OH is 1. The first-order valence-electron chi connectivity index (χ1n) is 8.92. The topological polar surface area (TPSA) is 75.1 Å². The van der Waals surface area contributed by atoms with Crippen LogP contribution >= 0.6 is 24.0 Å². The summed E-state index contributed by atoms with van der Waals surface area (Å²) in [6.45, 7) is 4.38. The van der Waals surface area contributed by atoms with Gasteiger partial charge in [0.05, 0.1) is 13.2 Å². The van der Waals surface area contributed by atoms with Crippen LogP contribution in [-0.2, 0) is 11.3 Å². The fourth-order valence-electron chi connectivity index (χ4n) is 2.95. The first-order valence-corrected chi connectivity index (χ1v) is 8.92. The van der Waals surface area contributed by atoms with Crippen molar-refractivity contribution in [3.8, 4) is 5.75 Å². The summed E-state index contributed by atoms with van der Waals surface area (Å²) in [5.74, 6) is 0.231. The quantitative estimate of drug-likeness (QED) is 0.281. The highest BCUT2D eigenvalue weighted by atomic mass is 127. The van der Waals surface area contributed by atoms with Gasteiger partial charge < -0.3 is 25.2 Å². The molecule has 1 heterocycles. The van der Waals surface area contributed by atoms with E-state index in [0.717, 1.165) is 6.42 Å². The summed E-state index contributed by atoms with van der Waals surface area (Å²) >= 11 is 0. The van der Waals surface area contributed by atoms with E-state index in [9.17, 15) is 18.3 Å². The molecule has 0 radical (unpaired) electrons. The Morgan fingerprint density at radius 3 is 2.68 bits per heavy atom. The Labute approximate surface area is 179 Å². The predicted molar refractivity (Wildman–Crippen MR) is 111 cm³/mol. The number of nitrogens with zero attached hydrogens (tertiary/aromatic N) is 1. The monoisotopic (exact) mass is 517 g/mol. The van der Waals surface area contributed by atoms with Crippen molar-refractivity contribution in [1.82, 2.24) is 10.6 Å². The number of nitrogens with one attached hydrogen (secondary N) is 2. The Bertz CT molecular complexity index is 624. The highest BCUT2D eigenvalue weighted by molar-refractivity contribution is 14.0. The molecule has 0 amide bonds. The molecule has 1 atom stereocenters. The summed E-state index contributed by atoms with van der Waals surface area (Å²) in [6.07, 6.45) is -3.30. The third-order valence-corrected chi connectivity index (χ3v) is 4.41. The standard InChI is InChI=1S/C18H26F3N3O3.HI/c1-2-22-16(24-12-17(7-9-25)8-10-26-13-17)23-11-14-5-3-4-6-15(14)27-18(19,20)21;/h3-6,25H,2,7-13H2,1H3,(H2,22,23,24);1H. The molecule has 0 bridgehead atoms. The molecule has 160 valence electrons. The lowest BCUT2D eigenvalue weighted by Crippen LogP contribution is -2.44. The third kappa shape index (κ3) is 8.00. The van der Waals surface area contributed by atoms with Gasteiger partial charge in [-0.25, -0.2) is 4.99 Å². The molecule has 1 fully saturated rings. The molecule has 0 aromatic heterocycles. The Hall–Kier alpha value is -1.27. The summed E-state index contributed by atoms with van der Waals surface area (Å²) in [4.78, 5) is 4.37. The predicted octanol–water partition coefficient (Wildman–Crippen LogP) is 3.05. The number of halogens is 4. The fourth-order valence-corrected chi connectivity index (χ4v) is 2.95. The van der Waals surface area contributed by atoms with Crippen LogP contribution in [0, 0.1) is 5.41 Å². The highest BCUT2D eigenvalue weighted by Gasteiger charge is 2.34. The number of benzene rings is 1. The molecule has 1 unspecified atom stereocenters. The van der Waals surface area contributed by atoms with Crippen LogP contribution in [0.15, 0.2) is 29.3 Å². The van der Waals surface area contributed by atoms with Gasteiger partial charge >= 0.3 is 6.36 Å². The molecule has 1 aliphatic rings. The summed E-state index contributed by atoms with van der Waals surface area (Å²) in [7, 11) is 0. The van der Waals surface area contributed by atoms with Gasteiger partial charge in [-0.15, -0.1) is 37.1 Å². The first-order chi connectivity index (χ1) is 12.9.